The van der Waals surface area contributed by atoms with Crippen molar-refractivity contribution in [3.8, 4) is 0 Å². The first-order chi connectivity index (χ1) is 4.75. The number of nitrogens with zero attached hydrogens (tertiary/aromatic N) is 1. The van der Waals surface area contributed by atoms with E-state index in [1.807, 2.05) is 0 Å². The van der Waals surface area contributed by atoms with Gasteiger partial charge in [0.1, 0.15) is 5.82 Å². The van der Waals surface area contributed by atoms with Gasteiger partial charge in [-0.15, -0.1) is 0 Å². The molecule has 0 N–H and O–H groups in total. The van der Waals surface area contributed by atoms with Crippen LogP contribution in [0.5, 0.6) is 0 Å². The van der Waals surface area contributed by atoms with E-state index in [1.54, 1.807) is 13.1 Å². The lowest BCUT2D eigenvalue weighted by molar-refractivity contribution is 0.617. The second kappa shape index (κ2) is 2.60. The second-order valence-corrected chi connectivity index (χ2v) is 2.06. The number of rotatable bonds is 1. The molecule has 0 atom stereocenters. The quantitative estimate of drug-likeness (QED) is 0.578. The molecule has 2 heteroatoms. The number of aryl methyl sites for hydroxylation is 1. The first-order valence-corrected chi connectivity index (χ1v) is 2.98. The van der Waals surface area contributed by atoms with Crippen molar-refractivity contribution in [1.82, 2.24) is 4.98 Å². The molecule has 0 spiro atoms. The van der Waals surface area contributed by atoms with Crippen molar-refractivity contribution in [2.45, 2.75) is 6.92 Å². The molecule has 1 heterocycles. The highest BCUT2D eigenvalue weighted by atomic mass is 19.1. The number of pyridine rings is 1. The van der Waals surface area contributed by atoms with Crippen LogP contribution in [-0.2, 0) is 0 Å². The van der Waals surface area contributed by atoms with Crippen LogP contribution in [0.3, 0.4) is 0 Å². The minimum absolute atomic E-state index is 0.310. The van der Waals surface area contributed by atoms with E-state index in [9.17, 15) is 4.39 Å². The largest absolute Gasteiger partial charge is 0.261 e. The summed E-state index contributed by atoms with van der Waals surface area (Å²) in [6.45, 7) is 5.28. The Balaban J connectivity index is 3.30. The Kier molecular flexibility index (Phi) is 1.81. The van der Waals surface area contributed by atoms with Crippen molar-refractivity contribution < 1.29 is 4.39 Å². The Morgan fingerprint density at radius 2 is 2.30 bits per heavy atom. The minimum atomic E-state index is -0.310. The topological polar surface area (TPSA) is 12.9 Å². The van der Waals surface area contributed by atoms with Crippen LogP contribution in [0.25, 0.3) is 6.08 Å². The average molecular weight is 137 g/mol. The molecule has 1 aromatic rings. The number of hydrogen-bond donors (Lipinski definition) is 0. The van der Waals surface area contributed by atoms with Gasteiger partial charge in [0, 0.05) is 11.8 Å². The summed E-state index contributed by atoms with van der Waals surface area (Å²) in [4.78, 5) is 3.67. The molecule has 0 aliphatic rings. The summed E-state index contributed by atoms with van der Waals surface area (Å²) in [5.74, 6) is -0.310. The molecule has 0 radical (unpaired) electrons. The smallest absolute Gasteiger partial charge is 0.148 e. The second-order valence-electron chi connectivity index (χ2n) is 2.06. The fraction of sp³-hybridized carbons (Fsp3) is 0.125. The lowest BCUT2D eigenvalue weighted by Crippen LogP contribution is -1.87. The van der Waals surface area contributed by atoms with Gasteiger partial charge in [0.05, 0.1) is 6.20 Å². The molecule has 0 unspecified atom stereocenters. The molecule has 0 fully saturated rings. The SMILES string of the molecule is C=Cc1c(C)cncc1F. The Labute approximate surface area is 59.2 Å². The van der Waals surface area contributed by atoms with Gasteiger partial charge < -0.3 is 0 Å². The van der Waals surface area contributed by atoms with E-state index in [0.29, 0.717) is 5.56 Å². The van der Waals surface area contributed by atoms with Crippen LogP contribution in [0.2, 0.25) is 0 Å². The molecule has 0 aliphatic carbocycles. The van der Waals surface area contributed by atoms with Crippen LogP contribution in [0.15, 0.2) is 19.0 Å². The zero-order valence-corrected chi connectivity index (χ0v) is 5.76. The van der Waals surface area contributed by atoms with Crippen molar-refractivity contribution in [1.29, 1.82) is 0 Å². The van der Waals surface area contributed by atoms with Crippen molar-refractivity contribution in [3.05, 3.63) is 35.9 Å². The lowest BCUT2D eigenvalue weighted by atomic mass is 10.1. The Morgan fingerprint density at radius 3 is 2.70 bits per heavy atom. The highest BCUT2D eigenvalue weighted by Crippen LogP contribution is 2.10. The summed E-state index contributed by atoms with van der Waals surface area (Å²) >= 11 is 0. The van der Waals surface area contributed by atoms with E-state index in [4.69, 9.17) is 0 Å². The summed E-state index contributed by atoms with van der Waals surface area (Å²) in [5.41, 5.74) is 1.35. The van der Waals surface area contributed by atoms with Crippen LogP contribution < -0.4 is 0 Å². The molecule has 10 heavy (non-hydrogen) atoms. The first kappa shape index (κ1) is 6.93. The molecule has 1 rings (SSSR count). The van der Waals surface area contributed by atoms with Gasteiger partial charge in [-0.25, -0.2) is 4.39 Å². The number of aromatic nitrogens is 1. The van der Waals surface area contributed by atoms with Crippen molar-refractivity contribution in [3.63, 3.8) is 0 Å². The number of halogens is 1. The maximum Gasteiger partial charge on any atom is 0.148 e. The molecule has 0 bridgehead atoms. The van der Waals surface area contributed by atoms with E-state index >= 15 is 0 Å². The number of hydrogen-bond acceptors (Lipinski definition) is 1. The summed E-state index contributed by atoms with van der Waals surface area (Å²) in [7, 11) is 0. The molecule has 1 nitrogen and oxygen atoms in total. The van der Waals surface area contributed by atoms with Crippen molar-refractivity contribution in [2.75, 3.05) is 0 Å². The van der Waals surface area contributed by atoms with E-state index in [0.717, 1.165) is 5.56 Å². The van der Waals surface area contributed by atoms with Crippen molar-refractivity contribution >= 4 is 6.08 Å². The molecular formula is C8H8FN. The zero-order valence-electron chi connectivity index (χ0n) is 5.76. The fourth-order valence-corrected chi connectivity index (χ4v) is 0.800. The summed E-state index contributed by atoms with van der Waals surface area (Å²) < 4.78 is 12.7. The first-order valence-electron chi connectivity index (χ1n) is 2.98. The summed E-state index contributed by atoms with van der Waals surface area (Å²) in [6, 6.07) is 0. The summed E-state index contributed by atoms with van der Waals surface area (Å²) in [6.07, 6.45) is 4.29. The molecule has 1 aromatic heterocycles. The van der Waals surface area contributed by atoms with Gasteiger partial charge in [-0.1, -0.05) is 12.7 Å². The standard InChI is InChI=1S/C8H8FN/c1-3-7-6(2)4-10-5-8(7)9/h3-5H,1H2,2H3. The van der Waals surface area contributed by atoms with Gasteiger partial charge in [0.25, 0.3) is 0 Å². The van der Waals surface area contributed by atoms with Gasteiger partial charge in [-0.3, -0.25) is 4.98 Å². The van der Waals surface area contributed by atoms with Gasteiger partial charge in [0.15, 0.2) is 0 Å². The molecule has 0 saturated carbocycles. The molecular weight excluding hydrogens is 129 g/mol. The Morgan fingerprint density at radius 1 is 1.60 bits per heavy atom. The van der Waals surface area contributed by atoms with Gasteiger partial charge in [-0.05, 0) is 12.5 Å². The zero-order chi connectivity index (χ0) is 7.56. The maximum atomic E-state index is 12.7. The molecule has 0 saturated heterocycles. The van der Waals surface area contributed by atoms with E-state index in [-0.39, 0.29) is 5.82 Å². The van der Waals surface area contributed by atoms with Crippen LogP contribution >= 0.6 is 0 Å². The van der Waals surface area contributed by atoms with Gasteiger partial charge in [0.2, 0.25) is 0 Å². The normalized spacial score (nSPS) is 9.40. The van der Waals surface area contributed by atoms with E-state index < -0.39 is 0 Å². The minimum Gasteiger partial charge on any atom is -0.261 e. The third-order valence-electron chi connectivity index (χ3n) is 1.34. The highest BCUT2D eigenvalue weighted by molar-refractivity contribution is 5.50. The Bertz CT molecular complexity index is 235. The van der Waals surface area contributed by atoms with Gasteiger partial charge in [-0.2, -0.15) is 0 Å². The third-order valence-corrected chi connectivity index (χ3v) is 1.34. The molecule has 0 aromatic carbocycles. The predicted molar refractivity (Wildman–Crippen MR) is 39.0 cm³/mol. The predicted octanol–water partition coefficient (Wildman–Crippen LogP) is 2.17. The van der Waals surface area contributed by atoms with Crippen LogP contribution in [0.1, 0.15) is 11.1 Å². The lowest BCUT2D eigenvalue weighted by Gasteiger charge is -1.98. The van der Waals surface area contributed by atoms with Crippen LogP contribution in [0.4, 0.5) is 4.39 Å². The van der Waals surface area contributed by atoms with E-state index in [2.05, 4.69) is 11.6 Å². The monoisotopic (exact) mass is 137 g/mol. The fourth-order valence-electron chi connectivity index (χ4n) is 0.800. The highest BCUT2D eigenvalue weighted by Gasteiger charge is 1.99. The van der Waals surface area contributed by atoms with Crippen LogP contribution in [0, 0.1) is 12.7 Å². The summed E-state index contributed by atoms with van der Waals surface area (Å²) in [5, 5.41) is 0. The molecule has 52 valence electrons. The van der Waals surface area contributed by atoms with Gasteiger partial charge >= 0.3 is 0 Å². The Hall–Kier alpha value is -1.18. The average Bonchev–Trinajstić information content (AvgIpc) is 1.88. The van der Waals surface area contributed by atoms with Crippen LogP contribution in [-0.4, -0.2) is 4.98 Å². The van der Waals surface area contributed by atoms with Crippen molar-refractivity contribution in [2.24, 2.45) is 0 Å². The molecule has 0 aliphatic heterocycles. The maximum absolute atomic E-state index is 12.7. The molecule has 0 amide bonds. The van der Waals surface area contributed by atoms with E-state index in [1.165, 1.54) is 12.3 Å². The third kappa shape index (κ3) is 1.05.